The van der Waals surface area contributed by atoms with Gasteiger partial charge in [0, 0.05) is 0 Å². The van der Waals surface area contributed by atoms with Gasteiger partial charge in [0.25, 0.3) is 10.0 Å². The number of ether oxygens (including phenoxy) is 3. The number of benzene rings is 1. The number of sulfonamides is 1. The highest BCUT2D eigenvalue weighted by atomic mass is 32.2. The molecule has 0 bridgehead atoms. The number of hydrogen-bond acceptors (Lipinski definition) is 12. The van der Waals surface area contributed by atoms with Crippen LogP contribution in [0.25, 0.3) is 0 Å². The summed E-state index contributed by atoms with van der Waals surface area (Å²) < 4.78 is 42.0. The first-order valence-corrected chi connectivity index (χ1v) is 10.2. The molecule has 2 N–H and O–H groups in total. The number of anilines is 1. The van der Waals surface area contributed by atoms with Crippen molar-refractivity contribution in [2.24, 2.45) is 5.16 Å². The van der Waals surface area contributed by atoms with Crippen molar-refractivity contribution in [1.29, 1.82) is 0 Å². The van der Waals surface area contributed by atoms with Gasteiger partial charge >= 0.3 is 24.0 Å². The van der Waals surface area contributed by atoms with E-state index in [0.717, 1.165) is 6.07 Å². The monoisotopic (exact) mass is 468 g/mol. The van der Waals surface area contributed by atoms with E-state index in [1.165, 1.54) is 52.7 Å². The van der Waals surface area contributed by atoms with Crippen LogP contribution in [0.1, 0.15) is 17.3 Å². The van der Waals surface area contributed by atoms with E-state index in [-0.39, 0.29) is 23.5 Å². The van der Waals surface area contributed by atoms with Gasteiger partial charge in [-0.25, -0.2) is 22.7 Å². The normalized spacial score (nSPS) is 12.0. The Kier molecular flexibility index (Phi) is 8.23. The second-order valence-electron chi connectivity index (χ2n) is 5.74. The summed E-state index contributed by atoms with van der Waals surface area (Å²) in [6.07, 6.45) is 0.404. The fraction of sp³-hybridized carbons (Fsp3) is 0.294. The molecule has 172 valence electrons. The maximum Gasteiger partial charge on any atom is 0.340 e. The molecule has 1 atom stereocenters. The fourth-order valence-electron chi connectivity index (χ4n) is 2.16. The molecule has 1 heterocycles. The van der Waals surface area contributed by atoms with E-state index in [0.29, 0.717) is 0 Å². The molecule has 0 spiro atoms. The summed E-state index contributed by atoms with van der Waals surface area (Å²) in [6, 6.07) is 3.63. The topological polar surface area (TPSA) is 180 Å². The molecule has 0 radical (unpaired) electrons. The first-order valence-electron chi connectivity index (χ1n) is 8.74. The molecule has 0 aliphatic carbocycles. The van der Waals surface area contributed by atoms with Gasteiger partial charge in [-0.1, -0.05) is 17.3 Å². The molecule has 1 aromatic carbocycles. The highest BCUT2D eigenvalue weighted by Crippen LogP contribution is 2.18. The Morgan fingerprint density at radius 3 is 2.28 bits per heavy atom. The molecular weight excluding hydrogens is 448 g/mol. The van der Waals surface area contributed by atoms with Crippen molar-refractivity contribution in [3.8, 4) is 12.0 Å². The number of esters is 1. The molecule has 0 saturated heterocycles. The van der Waals surface area contributed by atoms with Crippen LogP contribution in [-0.2, 0) is 19.6 Å². The number of nitrogens with zero attached hydrogens (tertiary/aromatic N) is 4. The highest BCUT2D eigenvalue weighted by molar-refractivity contribution is 7.90. The summed E-state index contributed by atoms with van der Waals surface area (Å²) in [5.74, 6) is -1.28. The van der Waals surface area contributed by atoms with Crippen molar-refractivity contribution < 1.29 is 37.1 Å². The molecule has 1 unspecified atom stereocenters. The zero-order chi connectivity index (χ0) is 23.7. The van der Waals surface area contributed by atoms with Crippen LogP contribution < -0.4 is 19.5 Å². The van der Waals surface area contributed by atoms with Crippen molar-refractivity contribution in [1.82, 2.24) is 19.7 Å². The Hall–Kier alpha value is -4.01. The maximum atomic E-state index is 12.7. The molecule has 32 heavy (non-hydrogen) atoms. The lowest BCUT2D eigenvalue weighted by atomic mass is 10.2. The molecule has 0 aliphatic heterocycles. The largest absolute Gasteiger partial charge is 0.467 e. The Bertz CT molecular complexity index is 1090. The predicted molar refractivity (Wildman–Crippen MR) is 109 cm³/mol. The Morgan fingerprint density at radius 1 is 1.06 bits per heavy atom. The van der Waals surface area contributed by atoms with Crippen molar-refractivity contribution in [2.75, 3.05) is 26.6 Å². The summed E-state index contributed by atoms with van der Waals surface area (Å²) in [4.78, 5) is 40.0. The molecule has 2 aromatic rings. The van der Waals surface area contributed by atoms with E-state index in [1.54, 1.807) is 4.72 Å². The Labute approximate surface area is 183 Å². The summed E-state index contributed by atoms with van der Waals surface area (Å²) in [5.41, 5.74) is -0.297. The van der Waals surface area contributed by atoms with Gasteiger partial charge < -0.3 is 19.0 Å². The van der Waals surface area contributed by atoms with Crippen molar-refractivity contribution in [3.05, 3.63) is 29.8 Å². The molecule has 0 aliphatic rings. The molecule has 2 rings (SSSR count). The van der Waals surface area contributed by atoms with Crippen molar-refractivity contribution >= 4 is 34.2 Å². The summed E-state index contributed by atoms with van der Waals surface area (Å²) in [6.45, 7) is 1.50. The fourth-order valence-corrected chi connectivity index (χ4v) is 3.26. The highest BCUT2D eigenvalue weighted by Gasteiger charge is 2.26. The molecule has 2 amide bonds. The van der Waals surface area contributed by atoms with Crippen LogP contribution in [0.15, 0.2) is 34.3 Å². The van der Waals surface area contributed by atoms with Crippen LogP contribution in [0.5, 0.6) is 12.0 Å². The van der Waals surface area contributed by atoms with Crippen LogP contribution in [-0.4, -0.2) is 69.0 Å². The van der Waals surface area contributed by atoms with Gasteiger partial charge in [0.15, 0.2) is 0 Å². The van der Waals surface area contributed by atoms with Gasteiger partial charge in [0.1, 0.15) is 18.1 Å². The van der Waals surface area contributed by atoms with E-state index in [4.69, 9.17) is 14.2 Å². The first-order chi connectivity index (χ1) is 15.2. The average Bonchev–Trinajstić information content (AvgIpc) is 2.76. The lowest BCUT2D eigenvalue weighted by Crippen LogP contribution is -2.35. The lowest BCUT2D eigenvalue weighted by molar-refractivity contribution is 0.0448. The Balaban J connectivity index is 2.21. The smallest absolute Gasteiger partial charge is 0.340 e. The zero-order valence-electron chi connectivity index (χ0n) is 17.4. The van der Waals surface area contributed by atoms with E-state index in [9.17, 15) is 18.0 Å². The molecule has 15 heteroatoms. The number of urea groups is 1. The third-order valence-corrected chi connectivity index (χ3v) is 4.87. The summed E-state index contributed by atoms with van der Waals surface area (Å²) >= 11 is 0. The third kappa shape index (κ3) is 6.49. The third-order valence-electron chi connectivity index (χ3n) is 3.48. The number of carbonyl (C=O) groups excluding carboxylic acids is 2. The number of amides is 2. The SMILES string of the molecule is CON=CC(C)OC(=O)c1ccccc1S(=O)(=O)NC(=O)Nc1nc(OC)nc(OC)n1. The summed E-state index contributed by atoms with van der Waals surface area (Å²) in [7, 11) is -0.624. The van der Waals surface area contributed by atoms with E-state index < -0.39 is 33.0 Å². The number of nitrogens with one attached hydrogen (secondary N) is 2. The number of rotatable bonds is 9. The zero-order valence-corrected chi connectivity index (χ0v) is 18.2. The molecular formula is C17H20N6O8S. The van der Waals surface area contributed by atoms with Gasteiger partial charge in [0.2, 0.25) is 5.95 Å². The first kappa shape index (κ1) is 24.3. The minimum absolute atomic E-state index is 0.172. The molecule has 1 aromatic heterocycles. The molecule has 0 saturated carbocycles. The average molecular weight is 468 g/mol. The quantitative estimate of drug-likeness (QED) is 0.298. The number of oxime groups is 1. The lowest BCUT2D eigenvalue weighted by Gasteiger charge is -2.13. The number of carbonyl (C=O) groups is 2. The number of methoxy groups -OCH3 is 2. The Morgan fingerprint density at radius 2 is 1.69 bits per heavy atom. The van der Waals surface area contributed by atoms with Crippen LogP contribution >= 0.6 is 0 Å². The second kappa shape index (κ2) is 10.9. The maximum absolute atomic E-state index is 12.7. The number of aromatic nitrogens is 3. The van der Waals surface area contributed by atoms with Gasteiger partial charge in [-0.3, -0.25) is 5.32 Å². The molecule has 14 nitrogen and oxygen atoms in total. The summed E-state index contributed by atoms with van der Waals surface area (Å²) in [5, 5.41) is 5.60. The van der Waals surface area contributed by atoms with Crippen LogP contribution in [0, 0.1) is 0 Å². The second-order valence-corrected chi connectivity index (χ2v) is 7.39. The van der Waals surface area contributed by atoms with Gasteiger partial charge in [-0.05, 0) is 19.1 Å². The minimum atomic E-state index is -4.49. The molecule has 0 fully saturated rings. The van der Waals surface area contributed by atoms with Crippen molar-refractivity contribution in [2.45, 2.75) is 17.9 Å². The van der Waals surface area contributed by atoms with E-state index >= 15 is 0 Å². The van der Waals surface area contributed by atoms with Crippen LogP contribution in [0.4, 0.5) is 10.7 Å². The van der Waals surface area contributed by atoms with Crippen LogP contribution in [0.2, 0.25) is 0 Å². The predicted octanol–water partition coefficient (Wildman–Crippen LogP) is 0.577. The van der Waals surface area contributed by atoms with Gasteiger partial charge in [-0.2, -0.15) is 9.97 Å². The van der Waals surface area contributed by atoms with E-state index in [1.807, 2.05) is 0 Å². The van der Waals surface area contributed by atoms with E-state index in [2.05, 4.69) is 30.3 Å². The minimum Gasteiger partial charge on any atom is -0.467 e. The standard InChI is InChI=1S/C17H20N6O8S/c1-10(9-18-30-4)31-13(24)11-7-5-6-8-12(11)32(26,27)23-15(25)19-14-20-16(28-2)22-17(21-14)29-3/h5-10H,1-4H3,(H2,19,20,21,22,23,25). The number of hydrogen-bond donors (Lipinski definition) is 2. The van der Waals surface area contributed by atoms with Gasteiger partial charge in [0.05, 0.1) is 26.0 Å². The van der Waals surface area contributed by atoms with Crippen LogP contribution in [0.3, 0.4) is 0 Å². The van der Waals surface area contributed by atoms with Gasteiger partial charge in [-0.15, -0.1) is 4.98 Å². The van der Waals surface area contributed by atoms with Crippen molar-refractivity contribution in [3.63, 3.8) is 0 Å².